The van der Waals surface area contributed by atoms with E-state index in [1.807, 2.05) is 38.1 Å². The zero-order valence-electron chi connectivity index (χ0n) is 15.9. The quantitative estimate of drug-likeness (QED) is 0.395. The lowest BCUT2D eigenvalue weighted by atomic mass is 10.2. The maximum atomic E-state index is 12.8. The summed E-state index contributed by atoms with van der Waals surface area (Å²) in [6.07, 6.45) is 0.633. The molecule has 0 fully saturated rings. The van der Waals surface area contributed by atoms with Crippen molar-refractivity contribution < 1.29 is 8.42 Å². The first-order chi connectivity index (χ1) is 13.9. The van der Waals surface area contributed by atoms with Crippen LogP contribution in [-0.2, 0) is 16.4 Å². The fourth-order valence-electron chi connectivity index (χ4n) is 3.17. The molecule has 0 saturated heterocycles. The van der Waals surface area contributed by atoms with Crippen LogP contribution >= 0.6 is 22.9 Å². The number of thiazole rings is 1. The van der Waals surface area contributed by atoms with E-state index in [0.717, 1.165) is 26.4 Å². The van der Waals surface area contributed by atoms with E-state index in [1.165, 1.54) is 5.56 Å². The van der Waals surface area contributed by atoms with Gasteiger partial charge in [0.15, 0.2) is 0 Å². The van der Waals surface area contributed by atoms with Gasteiger partial charge in [-0.25, -0.2) is 13.4 Å². The molecule has 148 valence electrons. The minimum Gasteiger partial charge on any atom is -0.280 e. The Bertz CT molecular complexity index is 1310. The molecule has 1 N–H and O–H groups in total. The molecule has 0 atom stereocenters. The van der Waals surface area contributed by atoms with E-state index in [0.29, 0.717) is 17.1 Å². The Kier molecular flexibility index (Phi) is 5.34. The summed E-state index contributed by atoms with van der Waals surface area (Å²) >= 11 is 8.05. The number of rotatable bonds is 5. The molecule has 0 aliphatic carbocycles. The first-order valence-electron chi connectivity index (χ1n) is 9.15. The number of nitrogens with zero attached hydrogens (tertiary/aromatic N) is 1. The summed E-state index contributed by atoms with van der Waals surface area (Å²) in [5, 5.41) is 1.26. The molecule has 0 unspecified atom stereocenters. The van der Waals surface area contributed by atoms with Crippen molar-refractivity contribution in [2.45, 2.75) is 25.2 Å². The summed E-state index contributed by atoms with van der Waals surface area (Å²) < 4.78 is 29.4. The Balaban J connectivity index is 1.66. The highest BCUT2D eigenvalue weighted by molar-refractivity contribution is 7.92. The Labute approximate surface area is 179 Å². The Morgan fingerprint density at radius 3 is 2.62 bits per heavy atom. The fraction of sp³-hybridized carbons (Fsp3) is 0.136. The summed E-state index contributed by atoms with van der Waals surface area (Å²) in [4.78, 5) is 4.94. The van der Waals surface area contributed by atoms with Crippen LogP contribution in [-0.4, -0.2) is 13.4 Å². The molecule has 7 heteroatoms. The number of hydrogen-bond acceptors (Lipinski definition) is 4. The lowest BCUT2D eigenvalue weighted by molar-refractivity contribution is 0.600. The van der Waals surface area contributed by atoms with Gasteiger partial charge in [-0.05, 0) is 60.9 Å². The number of aryl methyl sites for hydroxylation is 2. The largest absolute Gasteiger partial charge is 0.280 e. The number of anilines is 1. The van der Waals surface area contributed by atoms with E-state index in [9.17, 15) is 8.42 Å². The van der Waals surface area contributed by atoms with Crippen molar-refractivity contribution in [1.82, 2.24) is 4.98 Å². The number of fused-ring (bicyclic) bond motifs is 1. The van der Waals surface area contributed by atoms with Crippen molar-refractivity contribution in [3.8, 4) is 10.6 Å². The van der Waals surface area contributed by atoms with E-state index >= 15 is 0 Å². The van der Waals surface area contributed by atoms with Crippen molar-refractivity contribution in [2.75, 3.05) is 4.72 Å². The Morgan fingerprint density at radius 2 is 1.86 bits per heavy atom. The average Bonchev–Trinajstić information content (AvgIpc) is 3.10. The number of hydrogen-bond donors (Lipinski definition) is 1. The molecule has 4 aromatic rings. The molecular weight excluding hydrogens is 424 g/mol. The monoisotopic (exact) mass is 442 g/mol. The number of nitrogens with one attached hydrogen (secondary N) is 1. The molecule has 0 aliphatic heterocycles. The van der Waals surface area contributed by atoms with Gasteiger partial charge in [0.2, 0.25) is 0 Å². The molecule has 0 aliphatic rings. The van der Waals surface area contributed by atoms with Gasteiger partial charge in [-0.1, -0.05) is 42.8 Å². The molecule has 4 nitrogen and oxygen atoms in total. The fourth-order valence-corrected chi connectivity index (χ4v) is 5.96. The van der Waals surface area contributed by atoms with Gasteiger partial charge in [0, 0.05) is 5.56 Å². The van der Waals surface area contributed by atoms with Crippen molar-refractivity contribution in [1.29, 1.82) is 0 Å². The van der Waals surface area contributed by atoms with E-state index in [2.05, 4.69) is 15.8 Å². The molecule has 29 heavy (non-hydrogen) atoms. The molecular formula is C22H19ClN2O2S2. The van der Waals surface area contributed by atoms with E-state index in [-0.39, 0.29) is 4.90 Å². The molecule has 0 saturated carbocycles. The van der Waals surface area contributed by atoms with Gasteiger partial charge in [0.25, 0.3) is 10.0 Å². The van der Waals surface area contributed by atoms with Crippen LogP contribution in [0.15, 0.2) is 65.6 Å². The van der Waals surface area contributed by atoms with Crippen LogP contribution in [0.1, 0.15) is 18.1 Å². The maximum Gasteiger partial charge on any atom is 0.262 e. The Morgan fingerprint density at radius 1 is 1.07 bits per heavy atom. The predicted octanol–water partition coefficient (Wildman–Crippen LogP) is 6.29. The van der Waals surface area contributed by atoms with E-state index in [4.69, 9.17) is 11.6 Å². The summed E-state index contributed by atoms with van der Waals surface area (Å²) in [5.74, 6) is 0. The smallest absolute Gasteiger partial charge is 0.262 e. The number of benzene rings is 3. The predicted molar refractivity (Wildman–Crippen MR) is 121 cm³/mol. The maximum absolute atomic E-state index is 12.8. The minimum atomic E-state index is -3.70. The first kappa shape index (κ1) is 19.9. The second-order valence-corrected chi connectivity index (χ2v) is 9.84. The van der Waals surface area contributed by atoms with Crippen LogP contribution in [0.25, 0.3) is 20.8 Å². The van der Waals surface area contributed by atoms with Gasteiger partial charge in [-0.3, -0.25) is 4.72 Å². The van der Waals surface area contributed by atoms with E-state index in [1.54, 1.807) is 41.7 Å². The second-order valence-electron chi connectivity index (χ2n) is 6.75. The normalized spacial score (nSPS) is 11.7. The third kappa shape index (κ3) is 4.01. The standard InChI is InChI=1S/C22H19ClN2O2S2/c1-3-15-6-4-5-7-21(15)29(26,27)25-16-9-10-17(18(23)13-16)22-24-19-11-8-14(2)12-20(19)28-22/h4-13,25H,3H2,1-2H3. The molecule has 1 heterocycles. The van der Waals surface area contributed by atoms with Gasteiger partial charge in [0.05, 0.1) is 25.8 Å². The van der Waals surface area contributed by atoms with Crippen molar-refractivity contribution in [3.63, 3.8) is 0 Å². The third-order valence-corrected chi connectivity index (χ3v) is 7.48. The van der Waals surface area contributed by atoms with Gasteiger partial charge >= 0.3 is 0 Å². The zero-order chi connectivity index (χ0) is 20.6. The SMILES string of the molecule is CCc1ccccc1S(=O)(=O)Nc1ccc(-c2nc3ccc(C)cc3s2)c(Cl)c1. The van der Waals surface area contributed by atoms with Crippen LogP contribution < -0.4 is 4.72 Å². The lowest BCUT2D eigenvalue weighted by Gasteiger charge is -2.12. The minimum absolute atomic E-state index is 0.282. The highest BCUT2D eigenvalue weighted by Gasteiger charge is 2.18. The highest BCUT2D eigenvalue weighted by atomic mass is 35.5. The Hall–Kier alpha value is -2.41. The third-order valence-electron chi connectivity index (χ3n) is 4.64. The molecule has 4 rings (SSSR count). The second kappa shape index (κ2) is 7.78. The van der Waals surface area contributed by atoms with Crippen molar-refractivity contribution >= 4 is 48.9 Å². The molecule has 0 radical (unpaired) electrons. The van der Waals surface area contributed by atoms with Crippen LogP contribution in [0.4, 0.5) is 5.69 Å². The van der Waals surface area contributed by atoms with Gasteiger partial charge in [-0.15, -0.1) is 11.3 Å². The van der Waals surface area contributed by atoms with Crippen LogP contribution in [0, 0.1) is 6.92 Å². The number of halogens is 1. The first-order valence-corrected chi connectivity index (χ1v) is 11.8. The highest BCUT2D eigenvalue weighted by Crippen LogP contribution is 2.36. The molecule has 0 amide bonds. The molecule has 0 bridgehead atoms. The lowest BCUT2D eigenvalue weighted by Crippen LogP contribution is -2.14. The van der Waals surface area contributed by atoms with Crippen LogP contribution in [0.5, 0.6) is 0 Å². The van der Waals surface area contributed by atoms with Gasteiger partial charge < -0.3 is 0 Å². The van der Waals surface area contributed by atoms with Crippen molar-refractivity contribution in [2.24, 2.45) is 0 Å². The summed E-state index contributed by atoms with van der Waals surface area (Å²) in [6.45, 7) is 3.98. The number of aromatic nitrogens is 1. The molecule has 1 aromatic heterocycles. The van der Waals surface area contributed by atoms with Crippen LogP contribution in [0.3, 0.4) is 0 Å². The summed E-state index contributed by atoms with van der Waals surface area (Å²) in [5.41, 5.74) is 4.07. The molecule has 3 aromatic carbocycles. The van der Waals surface area contributed by atoms with Crippen molar-refractivity contribution in [3.05, 3.63) is 76.8 Å². The van der Waals surface area contributed by atoms with Crippen LogP contribution in [0.2, 0.25) is 5.02 Å². The zero-order valence-corrected chi connectivity index (χ0v) is 18.3. The number of sulfonamides is 1. The molecule has 0 spiro atoms. The van der Waals surface area contributed by atoms with Gasteiger partial charge in [-0.2, -0.15) is 0 Å². The topological polar surface area (TPSA) is 59.1 Å². The summed E-state index contributed by atoms with van der Waals surface area (Å²) in [6, 6.07) is 18.2. The average molecular weight is 443 g/mol. The van der Waals surface area contributed by atoms with E-state index < -0.39 is 10.0 Å². The van der Waals surface area contributed by atoms with Gasteiger partial charge in [0.1, 0.15) is 5.01 Å². The summed E-state index contributed by atoms with van der Waals surface area (Å²) in [7, 11) is -3.70.